The Balaban J connectivity index is 1.55. The molecule has 6 heteroatoms. The molecule has 0 radical (unpaired) electrons. The molecule has 2 aliphatic heterocycles. The topological polar surface area (TPSA) is 53.5 Å². The third-order valence-corrected chi connectivity index (χ3v) is 5.68. The van der Waals surface area contributed by atoms with Crippen molar-refractivity contribution in [2.24, 2.45) is 0 Å². The molecule has 1 aromatic carbocycles. The molecule has 0 amide bonds. The van der Waals surface area contributed by atoms with E-state index in [1.807, 2.05) is 0 Å². The number of anilines is 2. The highest BCUT2D eigenvalue weighted by atomic mass is 16.5. The van der Waals surface area contributed by atoms with E-state index in [1.54, 1.807) is 0 Å². The summed E-state index contributed by atoms with van der Waals surface area (Å²) >= 11 is 0. The minimum absolute atomic E-state index is 0.337. The van der Waals surface area contributed by atoms with Gasteiger partial charge in [0.1, 0.15) is 5.82 Å². The molecular weight excluding hydrogens is 362 g/mol. The third-order valence-electron chi connectivity index (χ3n) is 5.68. The van der Waals surface area contributed by atoms with Gasteiger partial charge in [0.05, 0.1) is 18.9 Å². The molecular formula is C23H33N5O. The molecule has 156 valence electrons. The normalized spacial score (nSPS) is 17.4. The van der Waals surface area contributed by atoms with Crippen molar-refractivity contribution in [2.75, 3.05) is 43.1 Å². The van der Waals surface area contributed by atoms with Crippen LogP contribution in [0, 0.1) is 0 Å². The van der Waals surface area contributed by atoms with Crippen LogP contribution in [0.5, 0.6) is 0 Å². The van der Waals surface area contributed by atoms with Crippen molar-refractivity contribution >= 4 is 11.8 Å². The van der Waals surface area contributed by atoms with E-state index in [0.29, 0.717) is 6.04 Å². The van der Waals surface area contributed by atoms with Crippen LogP contribution in [0.4, 0.5) is 11.8 Å². The second-order valence-corrected chi connectivity index (χ2v) is 8.33. The number of aromatic nitrogens is 2. The van der Waals surface area contributed by atoms with Gasteiger partial charge in [0, 0.05) is 50.7 Å². The van der Waals surface area contributed by atoms with Crippen molar-refractivity contribution < 1.29 is 4.74 Å². The molecule has 1 N–H and O–H groups in total. The van der Waals surface area contributed by atoms with Crippen molar-refractivity contribution in [3.8, 4) is 0 Å². The maximum atomic E-state index is 5.49. The van der Waals surface area contributed by atoms with Gasteiger partial charge in [-0.25, -0.2) is 4.98 Å². The predicted octanol–water partition coefficient (Wildman–Crippen LogP) is 3.25. The quantitative estimate of drug-likeness (QED) is 0.810. The van der Waals surface area contributed by atoms with E-state index in [0.717, 1.165) is 70.5 Å². The van der Waals surface area contributed by atoms with Crippen molar-refractivity contribution in [1.82, 2.24) is 14.9 Å². The number of nitrogens with zero attached hydrogens (tertiary/aromatic N) is 4. The van der Waals surface area contributed by atoms with Crippen molar-refractivity contribution in [1.29, 1.82) is 0 Å². The van der Waals surface area contributed by atoms with E-state index in [-0.39, 0.29) is 0 Å². The molecule has 1 saturated heterocycles. The summed E-state index contributed by atoms with van der Waals surface area (Å²) in [5, 5.41) is 3.58. The van der Waals surface area contributed by atoms with Gasteiger partial charge >= 0.3 is 0 Å². The maximum absolute atomic E-state index is 5.49. The van der Waals surface area contributed by atoms with Gasteiger partial charge in [-0.2, -0.15) is 4.98 Å². The number of aryl methyl sites for hydroxylation is 1. The van der Waals surface area contributed by atoms with Gasteiger partial charge in [0.25, 0.3) is 0 Å². The van der Waals surface area contributed by atoms with E-state index < -0.39 is 0 Å². The lowest BCUT2D eigenvalue weighted by atomic mass is 10.0. The molecule has 1 fully saturated rings. The summed E-state index contributed by atoms with van der Waals surface area (Å²) in [7, 11) is 0. The Morgan fingerprint density at radius 2 is 1.76 bits per heavy atom. The van der Waals surface area contributed by atoms with Gasteiger partial charge in [-0.1, -0.05) is 31.2 Å². The largest absolute Gasteiger partial charge is 0.378 e. The number of hydrogen-bond acceptors (Lipinski definition) is 6. The molecule has 4 rings (SSSR count). The van der Waals surface area contributed by atoms with E-state index in [2.05, 4.69) is 60.2 Å². The summed E-state index contributed by atoms with van der Waals surface area (Å²) in [6.45, 7) is 12.6. The number of morpholine rings is 1. The van der Waals surface area contributed by atoms with Crippen LogP contribution in [-0.2, 0) is 30.7 Å². The van der Waals surface area contributed by atoms with Crippen molar-refractivity contribution in [2.45, 2.75) is 52.7 Å². The molecule has 0 saturated carbocycles. The smallest absolute Gasteiger partial charge is 0.227 e. The molecule has 2 aliphatic rings. The minimum atomic E-state index is 0.337. The predicted molar refractivity (Wildman–Crippen MR) is 117 cm³/mol. The molecule has 0 aliphatic carbocycles. The Morgan fingerprint density at radius 3 is 2.45 bits per heavy atom. The van der Waals surface area contributed by atoms with E-state index in [1.165, 1.54) is 22.4 Å². The lowest BCUT2D eigenvalue weighted by Crippen LogP contribution is -2.38. The van der Waals surface area contributed by atoms with Crippen LogP contribution in [0.3, 0.4) is 0 Å². The number of ether oxygens (including phenoxy) is 1. The number of benzene rings is 1. The van der Waals surface area contributed by atoms with Crippen LogP contribution >= 0.6 is 0 Å². The lowest BCUT2D eigenvalue weighted by Gasteiger charge is -2.32. The van der Waals surface area contributed by atoms with Gasteiger partial charge in [-0.15, -0.1) is 0 Å². The standard InChI is InChI=1S/C23H33N5O/c1-4-18-5-7-19(8-6-18)15-27-10-9-21-20(16-27)22(24-17(2)3)26-23(25-21)28-11-13-29-14-12-28/h5-8,17H,4,9-16H2,1-3H3,(H,24,25,26). The lowest BCUT2D eigenvalue weighted by molar-refractivity contribution is 0.122. The number of hydrogen-bond donors (Lipinski definition) is 1. The van der Waals surface area contributed by atoms with Crippen molar-refractivity contribution in [3.63, 3.8) is 0 Å². The van der Waals surface area contributed by atoms with E-state index >= 15 is 0 Å². The first-order chi connectivity index (χ1) is 14.1. The highest BCUT2D eigenvalue weighted by Gasteiger charge is 2.25. The van der Waals surface area contributed by atoms with Gasteiger partial charge < -0.3 is 15.0 Å². The number of nitrogens with one attached hydrogen (secondary N) is 1. The van der Waals surface area contributed by atoms with Crippen LogP contribution in [-0.4, -0.2) is 53.8 Å². The minimum Gasteiger partial charge on any atom is -0.378 e. The summed E-state index contributed by atoms with van der Waals surface area (Å²) < 4.78 is 5.49. The zero-order chi connectivity index (χ0) is 20.2. The SMILES string of the molecule is CCc1ccc(CN2CCc3nc(N4CCOCC4)nc(NC(C)C)c3C2)cc1. The first kappa shape index (κ1) is 20.1. The fourth-order valence-corrected chi connectivity index (χ4v) is 4.03. The Hall–Kier alpha value is -2.18. The fourth-order valence-electron chi connectivity index (χ4n) is 4.03. The van der Waals surface area contributed by atoms with Gasteiger partial charge in [0.15, 0.2) is 0 Å². The molecule has 1 aromatic heterocycles. The first-order valence-corrected chi connectivity index (χ1v) is 10.9. The van der Waals surface area contributed by atoms with E-state index in [9.17, 15) is 0 Å². The Kier molecular flexibility index (Phi) is 6.31. The van der Waals surface area contributed by atoms with Crippen LogP contribution in [0.1, 0.15) is 43.2 Å². The molecule has 0 spiro atoms. The van der Waals surface area contributed by atoms with Crippen LogP contribution in [0.25, 0.3) is 0 Å². The number of fused-ring (bicyclic) bond motifs is 1. The van der Waals surface area contributed by atoms with Gasteiger partial charge in [-0.05, 0) is 31.4 Å². The highest BCUT2D eigenvalue weighted by molar-refractivity contribution is 5.53. The van der Waals surface area contributed by atoms with Gasteiger partial charge in [0.2, 0.25) is 5.95 Å². The molecule has 2 aromatic rings. The van der Waals surface area contributed by atoms with Crippen molar-refractivity contribution in [3.05, 3.63) is 46.6 Å². The second kappa shape index (κ2) is 9.09. The monoisotopic (exact) mass is 395 g/mol. The zero-order valence-electron chi connectivity index (χ0n) is 17.9. The Bertz CT molecular complexity index is 815. The average Bonchev–Trinajstić information content (AvgIpc) is 2.75. The highest BCUT2D eigenvalue weighted by Crippen LogP contribution is 2.28. The molecule has 29 heavy (non-hydrogen) atoms. The van der Waals surface area contributed by atoms with Crippen LogP contribution in [0.15, 0.2) is 24.3 Å². The summed E-state index contributed by atoms with van der Waals surface area (Å²) in [6, 6.07) is 9.36. The fraction of sp³-hybridized carbons (Fsp3) is 0.565. The Morgan fingerprint density at radius 1 is 1.03 bits per heavy atom. The summed E-state index contributed by atoms with van der Waals surface area (Å²) in [4.78, 5) is 14.7. The maximum Gasteiger partial charge on any atom is 0.227 e. The summed E-state index contributed by atoms with van der Waals surface area (Å²) in [6.07, 6.45) is 2.05. The Labute approximate surface area is 174 Å². The van der Waals surface area contributed by atoms with Crippen LogP contribution < -0.4 is 10.2 Å². The number of rotatable bonds is 6. The molecule has 6 nitrogen and oxygen atoms in total. The molecule has 0 atom stereocenters. The molecule has 0 unspecified atom stereocenters. The summed E-state index contributed by atoms with van der Waals surface area (Å²) in [5.74, 6) is 1.84. The average molecular weight is 396 g/mol. The zero-order valence-corrected chi connectivity index (χ0v) is 17.9. The van der Waals surface area contributed by atoms with Gasteiger partial charge in [-0.3, -0.25) is 4.90 Å². The molecule has 3 heterocycles. The van der Waals surface area contributed by atoms with E-state index in [4.69, 9.17) is 14.7 Å². The first-order valence-electron chi connectivity index (χ1n) is 10.9. The second-order valence-electron chi connectivity index (χ2n) is 8.33. The third kappa shape index (κ3) is 4.87. The van der Waals surface area contributed by atoms with Crippen LogP contribution in [0.2, 0.25) is 0 Å². The summed E-state index contributed by atoms with van der Waals surface area (Å²) in [5.41, 5.74) is 5.22. The molecule has 0 bridgehead atoms.